The second-order valence-corrected chi connectivity index (χ2v) is 13.4. The summed E-state index contributed by atoms with van der Waals surface area (Å²) in [5.41, 5.74) is 0.653. The first kappa shape index (κ1) is 21.2. The van der Waals surface area contributed by atoms with Gasteiger partial charge in [0.05, 0.1) is 25.7 Å². The van der Waals surface area contributed by atoms with Crippen LogP contribution in [0.15, 0.2) is 0 Å². The lowest BCUT2D eigenvalue weighted by atomic mass is 9.36. The maximum absolute atomic E-state index is 13.4. The van der Waals surface area contributed by atoms with Gasteiger partial charge in [0.1, 0.15) is 0 Å². The molecule has 7 rings (SSSR count). The van der Waals surface area contributed by atoms with Crippen molar-refractivity contribution in [2.45, 2.75) is 77.0 Å². The molecule has 1 amide bonds. The van der Waals surface area contributed by atoms with Crippen molar-refractivity contribution < 1.29 is 19.1 Å². The van der Waals surface area contributed by atoms with Gasteiger partial charge in [0.15, 0.2) is 0 Å². The van der Waals surface area contributed by atoms with Crippen LogP contribution in [-0.2, 0) is 19.1 Å². The van der Waals surface area contributed by atoms with Crippen LogP contribution in [0.25, 0.3) is 0 Å². The molecule has 5 bridgehead atoms. The summed E-state index contributed by atoms with van der Waals surface area (Å²) < 4.78 is 10.9. The molecule has 1 saturated heterocycles. The third-order valence-corrected chi connectivity index (χ3v) is 12.2. The standard InChI is InChI=1S/C28H41NO4/c1-32-25(31)27-4-2-3-18-11-23(27)28(14-18,17-27)26-13-19-9-20(12-22(16-26)21(10-19)15-26)24(30)29-5-7-33-8-6-29/h18-23H,2-17H2,1H3. The maximum atomic E-state index is 13.4. The Morgan fingerprint density at radius 2 is 1.73 bits per heavy atom. The minimum atomic E-state index is -0.172. The van der Waals surface area contributed by atoms with Crippen LogP contribution >= 0.6 is 0 Å². The number of fused-ring (bicyclic) bond motifs is 4. The molecule has 9 atom stereocenters. The molecule has 0 N–H and O–H groups in total. The average Bonchev–Trinajstić information content (AvgIpc) is 3.14. The van der Waals surface area contributed by atoms with Gasteiger partial charge in [-0.15, -0.1) is 0 Å². The minimum absolute atomic E-state index is 0.101. The minimum Gasteiger partial charge on any atom is -0.469 e. The van der Waals surface area contributed by atoms with Gasteiger partial charge in [-0.1, -0.05) is 12.8 Å². The van der Waals surface area contributed by atoms with Gasteiger partial charge in [0.2, 0.25) is 5.91 Å². The molecule has 1 aliphatic heterocycles. The first-order valence-electron chi connectivity index (χ1n) is 13.9. The largest absolute Gasteiger partial charge is 0.469 e. The van der Waals surface area contributed by atoms with Crippen LogP contribution < -0.4 is 0 Å². The van der Waals surface area contributed by atoms with E-state index in [0.717, 1.165) is 56.5 Å². The van der Waals surface area contributed by atoms with Gasteiger partial charge in [-0.2, -0.15) is 0 Å². The fraction of sp³-hybridized carbons (Fsp3) is 0.929. The van der Waals surface area contributed by atoms with E-state index >= 15 is 0 Å². The average molecular weight is 456 g/mol. The van der Waals surface area contributed by atoms with E-state index in [1.807, 2.05) is 0 Å². The SMILES string of the molecule is COC(=O)C12CCCC3CC1C(C14CC5CC(C(=O)N6CCOCC6)CC(C1)C(C5)C4)(C3)C2. The van der Waals surface area contributed by atoms with Crippen molar-refractivity contribution in [3.05, 3.63) is 0 Å². The zero-order valence-corrected chi connectivity index (χ0v) is 20.4. The van der Waals surface area contributed by atoms with E-state index in [0.29, 0.717) is 41.8 Å². The molecule has 6 aliphatic carbocycles. The van der Waals surface area contributed by atoms with E-state index in [4.69, 9.17) is 9.47 Å². The number of methoxy groups -OCH3 is 1. The number of carbonyl (C=O) groups is 2. The Balaban J connectivity index is 1.16. The first-order valence-corrected chi connectivity index (χ1v) is 13.9. The number of rotatable bonds is 3. The predicted octanol–water partition coefficient (Wildman–Crippen LogP) is 4.44. The molecule has 7 aliphatic rings. The zero-order valence-electron chi connectivity index (χ0n) is 20.4. The van der Waals surface area contributed by atoms with E-state index < -0.39 is 0 Å². The highest BCUT2D eigenvalue weighted by Gasteiger charge is 2.78. The third-order valence-electron chi connectivity index (χ3n) is 12.2. The Kier molecular flexibility index (Phi) is 4.63. The van der Waals surface area contributed by atoms with Crippen molar-refractivity contribution in [1.29, 1.82) is 0 Å². The topological polar surface area (TPSA) is 55.8 Å². The second-order valence-electron chi connectivity index (χ2n) is 13.4. The van der Waals surface area contributed by atoms with Gasteiger partial charge in [0, 0.05) is 19.0 Å². The van der Waals surface area contributed by atoms with Crippen LogP contribution in [0.1, 0.15) is 77.0 Å². The number of carbonyl (C=O) groups excluding carboxylic acids is 2. The number of amides is 1. The van der Waals surface area contributed by atoms with Crippen molar-refractivity contribution >= 4 is 11.9 Å². The second kappa shape index (κ2) is 7.21. The summed E-state index contributed by atoms with van der Waals surface area (Å²) in [5.74, 6) is 4.39. The summed E-state index contributed by atoms with van der Waals surface area (Å²) >= 11 is 0. The van der Waals surface area contributed by atoms with Crippen molar-refractivity contribution in [1.82, 2.24) is 4.90 Å². The third kappa shape index (κ3) is 2.75. The molecule has 0 aromatic carbocycles. The fourth-order valence-corrected chi connectivity index (χ4v) is 11.4. The van der Waals surface area contributed by atoms with Crippen molar-refractivity contribution in [2.75, 3.05) is 33.4 Å². The number of hydrogen-bond acceptors (Lipinski definition) is 4. The highest BCUT2D eigenvalue weighted by molar-refractivity contribution is 5.80. The van der Waals surface area contributed by atoms with Gasteiger partial charge < -0.3 is 14.4 Å². The Hall–Kier alpha value is -1.10. The molecule has 1 heterocycles. The van der Waals surface area contributed by atoms with E-state index in [9.17, 15) is 9.59 Å². The molecule has 5 heteroatoms. The molecular weight excluding hydrogens is 414 g/mol. The van der Waals surface area contributed by atoms with Crippen LogP contribution in [0.5, 0.6) is 0 Å². The molecule has 0 radical (unpaired) electrons. The Morgan fingerprint density at radius 1 is 0.939 bits per heavy atom. The monoisotopic (exact) mass is 455 g/mol. The quantitative estimate of drug-likeness (QED) is 0.591. The smallest absolute Gasteiger partial charge is 0.312 e. The summed E-state index contributed by atoms with van der Waals surface area (Å²) in [7, 11) is 1.61. The number of hydrogen-bond donors (Lipinski definition) is 0. The Labute approximate surface area is 198 Å². The van der Waals surface area contributed by atoms with E-state index in [1.54, 1.807) is 7.11 Å². The molecule has 0 aromatic heterocycles. The van der Waals surface area contributed by atoms with Crippen LogP contribution in [0.4, 0.5) is 0 Å². The molecular formula is C28H41NO4. The number of esters is 1. The predicted molar refractivity (Wildman–Crippen MR) is 123 cm³/mol. The first-order chi connectivity index (χ1) is 16.0. The Morgan fingerprint density at radius 3 is 2.52 bits per heavy atom. The van der Waals surface area contributed by atoms with Crippen molar-refractivity contribution in [2.24, 2.45) is 51.8 Å². The lowest BCUT2D eigenvalue weighted by Crippen LogP contribution is -2.64. The van der Waals surface area contributed by atoms with Crippen molar-refractivity contribution in [3.63, 3.8) is 0 Å². The lowest BCUT2D eigenvalue weighted by molar-refractivity contribution is -0.220. The molecule has 6 saturated carbocycles. The van der Waals surface area contributed by atoms with Crippen LogP contribution in [0.2, 0.25) is 0 Å². The van der Waals surface area contributed by atoms with Crippen LogP contribution in [0, 0.1) is 51.8 Å². The van der Waals surface area contributed by atoms with Gasteiger partial charge >= 0.3 is 5.97 Å². The normalized spacial score (nSPS) is 52.1. The summed E-state index contributed by atoms with van der Waals surface area (Å²) in [6.45, 7) is 2.95. The molecule has 182 valence electrons. The van der Waals surface area contributed by atoms with Gasteiger partial charge in [-0.3, -0.25) is 9.59 Å². The van der Waals surface area contributed by atoms with Crippen LogP contribution in [-0.4, -0.2) is 50.2 Å². The molecule has 9 unspecified atom stereocenters. The molecule has 7 fully saturated rings. The maximum Gasteiger partial charge on any atom is 0.312 e. The lowest BCUT2D eigenvalue weighted by Gasteiger charge is -2.67. The highest BCUT2D eigenvalue weighted by atomic mass is 16.5. The number of morpholine rings is 1. The molecule has 0 spiro atoms. The molecule has 5 nitrogen and oxygen atoms in total. The zero-order chi connectivity index (χ0) is 22.4. The van der Waals surface area contributed by atoms with Gasteiger partial charge in [0.25, 0.3) is 0 Å². The summed E-state index contributed by atoms with van der Waals surface area (Å²) in [6, 6.07) is 0. The summed E-state index contributed by atoms with van der Waals surface area (Å²) in [5, 5.41) is 0. The summed E-state index contributed by atoms with van der Waals surface area (Å²) in [4.78, 5) is 28.6. The van der Waals surface area contributed by atoms with Crippen molar-refractivity contribution in [3.8, 4) is 0 Å². The Bertz CT molecular complexity index is 849. The fourth-order valence-electron chi connectivity index (χ4n) is 11.4. The van der Waals surface area contributed by atoms with Gasteiger partial charge in [-0.05, 0) is 105 Å². The van der Waals surface area contributed by atoms with Crippen LogP contribution in [0.3, 0.4) is 0 Å². The van der Waals surface area contributed by atoms with E-state index in [-0.39, 0.29) is 17.3 Å². The summed E-state index contributed by atoms with van der Waals surface area (Å²) in [6.07, 6.45) is 15.0. The van der Waals surface area contributed by atoms with Gasteiger partial charge in [-0.25, -0.2) is 0 Å². The molecule has 33 heavy (non-hydrogen) atoms. The van der Waals surface area contributed by atoms with E-state index in [1.165, 1.54) is 51.4 Å². The highest BCUT2D eigenvalue weighted by Crippen LogP contribution is 2.83. The molecule has 0 aromatic rings. The van der Waals surface area contributed by atoms with E-state index in [2.05, 4.69) is 4.90 Å². The number of nitrogens with zero attached hydrogens (tertiary/aromatic N) is 1. The number of ether oxygens (including phenoxy) is 2.